The van der Waals surface area contributed by atoms with E-state index >= 15 is 0 Å². The summed E-state index contributed by atoms with van der Waals surface area (Å²) >= 11 is 3.50. The molecule has 5 heteroatoms. The average molecular weight is 323 g/mol. The molecular formula is C16H21NO2S2. The van der Waals surface area contributed by atoms with E-state index in [1.807, 2.05) is 6.07 Å². The minimum Gasteiger partial charge on any atom is -0.493 e. The Kier molecular flexibility index (Phi) is 5.96. The summed E-state index contributed by atoms with van der Waals surface area (Å²) in [6.45, 7) is 2.99. The van der Waals surface area contributed by atoms with E-state index in [4.69, 9.17) is 9.47 Å². The van der Waals surface area contributed by atoms with E-state index in [1.54, 1.807) is 37.3 Å². The summed E-state index contributed by atoms with van der Waals surface area (Å²) in [6.07, 6.45) is 2.08. The average Bonchev–Trinajstić information content (AvgIpc) is 3.06. The molecule has 3 nitrogen and oxygen atoms in total. The first-order chi connectivity index (χ1) is 10.2. The summed E-state index contributed by atoms with van der Waals surface area (Å²) in [5, 5.41) is 5.67. The Morgan fingerprint density at radius 1 is 1.24 bits per heavy atom. The zero-order chi connectivity index (χ0) is 15.2. The standard InChI is InChI=1S/C16H21NO2S2/c1-11(15-6-5-7-21-15)17-10-12-8-13(18-2)14(19-3)9-16(12)20-4/h5-9,11,17H,10H2,1-4H3. The lowest BCUT2D eigenvalue weighted by Gasteiger charge is -2.16. The van der Waals surface area contributed by atoms with Gasteiger partial charge in [-0.1, -0.05) is 6.07 Å². The number of nitrogens with one attached hydrogen (secondary N) is 1. The molecule has 1 unspecified atom stereocenters. The molecule has 1 N–H and O–H groups in total. The highest BCUT2D eigenvalue weighted by atomic mass is 32.2. The topological polar surface area (TPSA) is 30.5 Å². The lowest BCUT2D eigenvalue weighted by Crippen LogP contribution is -2.17. The van der Waals surface area contributed by atoms with Crippen LogP contribution < -0.4 is 14.8 Å². The third-order valence-corrected chi connectivity index (χ3v) is 5.23. The molecule has 1 atom stereocenters. The van der Waals surface area contributed by atoms with Crippen LogP contribution in [0, 0.1) is 0 Å². The molecule has 1 aromatic carbocycles. The van der Waals surface area contributed by atoms with E-state index in [1.165, 1.54) is 15.3 Å². The summed E-state index contributed by atoms with van der Waals surface area (Å²) in [4.78, 5) is 2.56. The molecule has 0 aliphatic heterocycles. The Morgan fingerprint density at radius 2 is 1.95 bits per heavy atom. The number of rotatable bonds is 7. The number of thioether (sulfide) groups is 1. The molecule has 0 aliphatic rings. The Balaban J connectivity index is 2.15. The molecule has 0 saturated heterocycles. The smallest absolute Gasteiger partial charge is 0.161 e. The summed E-state index contributed by atoms with van der Waals surface area (Å²) in [7, 11) is 3.33. The maximum Gasteiger partial charge on any atom is 0.161 e. The molecule has 114 valence electrons. The molecule has 0 fully saturated rings. The monoisotopic (exact) mass is 323 g/mol. The van der Waals surface area contributed by atoms with Crippen LogP contribution in [0.5, 0.6) is 11.5 Å². The second-order valence-electron chi connectivity index (χ2n) is 4.64. The second kappa shape index (κ2) is 7.73. The van der Waals surface area contributed by atoms with Crippen molar-refractivity contribution in [1.82, 2.24) is 5.32 Å². The van der Waals surface area contributed by atoms with Crippen LogP contribution >= 0.6 is 23.1 Å². The molecular weight excluding hydrogens is 302 g/mol. The van der Waals surface area contributed by atoms with Crippen molar-refractivity contribution in [2.75, 3.05) is 20.5 Å². The molecule has 2 rings (SSSR count). The molecule has 0 bridgehead atoms. The van der Waals surface area contributed by atoms with Gasteiger partial charge in [-0.3, -0.25) is 0 Å². The first-order valence-corrected chi connectivity index (χ1v) is 8.85. The molecule has 0 amide bonds. The van der Waals surface area contributed by atoms with Gasteiger partial charge in [0.1, 0.15) is 0 Å². The molecule has 2 aromatic rings. The lowest BCUT2D eigenvalue weighted by molar-refractivity contribution is 0.353. The van der Waals surface area contributed by atoms with Gasteiger partial charge in [-0.05, 0) is 42.3 Å². The van der Waals surface area contributed by atoms with Gasteiger partial charge < -0.3 is 14.8 Å². The highest BCUT2D eigenvalue weighted by Crippen LogP contribution is 2.34. The first kappa shape index (κ1) is 16.2. The third kappa shape index (κ3) is 3.93. The minimum atomic E-state index is 0.341. The summed E-state index contributed by atoms with van der Waals surface area (Å²) in [5.74, 6) is 1.55. The van der Waals surface area contributed by atoms with E-state index in [0.29, 0.717) is 6.04 Å². The van der Waals surface area contributed by atoms with E-state index in [-0.39, 0.29) is 0 Å². The Bertz CT molecular complexity index is 570. The van der Waals surface area contributed by atoms with Crippen LogP contribution in [-0.2, 0) is 6.54 Å². The van der Waals surface area contributed by atoms with E-state index in [9.17, 15) is 0 Å². The van der Waals surface area contributed by atoms with Gasteiger partial charge in [0, 0.05) is 22.4 Å². The highest BCUT2D eigenvalue weighted by molar-refractivity contribution is 7.98. The van der Waals surface area contributed by atoms with Crippen LogP contribution in [-0.4, -0.2) is 20.5 Å². The van der Waals surface area contributed by atoms with Gasteiger partial charge >= 0.3 is 0 Å². The minimum absolute atomic E-state index is 0.341. The quantitative estimate of drug-likeness (QED) is 0.768. The third-order valence-electron chi connectivity index (χ3n) is 3.36. The van der Waals surface area contributed by atoms with E-state index in [2.05, 4.69) is 42.1 Å². The van der Waals surface area contributed by atoms with Crippen molar-refractivity contribution in [3.8, 4) is 11.5 Å². The molecule has 21 heavy (non-hydrogen) atoms. The van der Waals surface area contributed by atoms with Gasteiger partial charge in [-0.2, -0.15) is 0 Å². The van der Waals surface area contributed by atoms with Crippen molar-refractivity contribution >= 4 is 23.1 Å². The highest BCUT2D eigenvalue weighted by Gasteiger charge is 2.12. The molecule has 0 aliphatic carbocycles. The number of hydrogen-bond acceptors (Lipinski definition) is 5. The van der Waals surface area contributed by atoms with Crippen molar-refractivity contribution in [2.45, 2.75) is 24.4 Å². The first-order valence-electron chi connectivity index (χ1n) is 6.75. The predicted molar refractivity (Wildman–Crippen MR) is 90.9 cm³/mol. The zero-order valence-corrected chi connectivity index (χ0v) is 14.4. The van der Waals surface area contributed by atoms with Crippen molar-refractivity contribution in [3.63, 3.8) is 0 Å². The van der Waals surface area contributed by atoms with E-state index in [0.717, 1.165) is 18.0 Å². The molecule has 1 heterocycles. The fraction of sp³-hybridized carbons (Fsp3) is 0.375. The summed E-state index contributed by atoms with van der Waals surface area (Å²) < 4.78 is 10.8. The predicted octanol–water partition coefficient (Wildman–Crippen LogP) is 4.34. The fourth-order valence-corrected chi connectivity index (χ4v) is 3.51. The van der Waals surface area contributed by atoms with Crippen LogP contribution in [0.15, 0.2) is 34.5 Å². The molecule has 0 saturated carbocycles. The number of benzene rings is 1. The summed E-state index contributed by atoms with van der Waals surface area (Å²) in [6, 6.07) is 8.68. The Hall–Kier alpha value is -1.17. The SMILES string of the molecule is COc1cc(CNC(C)c2cccs2)c(SC)cc1OC. The summed E-state index contributed by atoms with van der Waals surface area (Å²) in [5.41, 5.74) is 1.23. The second-order valence-corrected chi connectivity index (χ2v) is 6.46. The molecule has 1 aromatic heterocycles. The number of hydrogen-bond donors (Lipinski definition) is 1. The van der Waals surface area contributed by atoms with Crippen LogP contribution in [0.4, 0.5) is 0 Å². The van der Waals surface area contributed by atoms with Crippen LogP contribution in [0.2, 0.25) is 0 Å². The normalized spacial score (nSPS) is 12.2. The number of thiophene rings is 1. The van der Waals surface area contributed by atoms with Gasteiger partial charge in [0.05, 0.1) is 14.2 Å². The maximum atomic E-state index is 5.40. The van der Waals surface area contributed by atoms with Crippen molar-refractivity contribution in [2.24, 2.45) is 0 Å². The molecule has 0 spiro atoms. The van der Waals surface area contributed by atoms with Crippen LogP contribution in [0.25, 0.3) is 0 Å². The van der Waals surface area contributed by atoms with Gasteiger partial charge in [-0.15, -0.1) is 23.1 Å². The van der Waals surface area contributed by atoms with Crippen molar-refractivity contribution < 1.29 is 9.47 Å². The number of methoxy groups -OCH3 is 2. The zero-order valence-electron chi connectivity index (χ0n) is 12.8. The van der Waals surface area contributed by atoms with Gasteiger partial charge in [0.25, 0.3) is 0 Å². The van der Waals surface area contributed by atoms with E-state index < -0.39 is 0 Å². The maximum absolute atomic E-state index is 5.40. The van der Waals surface area contributed by atoms with Crippen LogP contribution in [0.3, 0.4) is 0 Å². The largest absolute Gasteiger partial charge is 0.493 e. The number of ether oxygens (including phenoxy) is 2. The van der Waals surface area contributed by atoms with Gasteiger partial charge in [0.2, 0.25) is 0 Å². The van der Waals surface area contributed by atoms with Crippen LogP contribution in [0.1, 0.15) is 23.4 Å². The molecule has 0 radical (unpaired) electrons. The van der Waals surface area contributed by atoms with Gasteiger partial charge in [0.15, 0.2) is 11.5 Å². The Morgan fingerprint density at radius 3 is 2.52 bits per heavy atom. The van der Waals surface area contributed by atoms with Gasteiger partial charge in [-0.25, -0.2) is 0 Å². The van der Waals surface area contributed by atoms with Crippen molar-refractivity contribution in [3.05, 3.63) is 40.1 Å². The lowest BCUT2D eigenvalue weighted by atomic mass is 10.1. The van der Waals surface area contributed by atoms with Crippen molar-refractivity contribution in [1.29, 1.82) is 0 Å². The Labute approximate surface area is 134 Å². The fourth-order valence-electron chi connectivity index (χ4n) is 2.13.